The van der Waals surface area contributed by atoms with E-state index in [4.69, 9.17) is 0 Å². The molecule has 3 rings (SSSR count). The van der Waals surface area contributed by atoms with Gasteiger partial charge in [-0.3, -0.25) is 0 Å². The molecule has 4 heteroatoms. The van der Waals surface area contributed by atoms with Gasteiger partial charge in [-0.2, -0.15) is 0 Å². The van der Waals surface area contributed by atoms with Gasteiger partial charge >= 0.3 is 0 Å². The number of H-pyrrole nitrogens is 1. The highest BCUT2D eigenvalue weighted by Gasteiger charge is 2.11. The first-order valence-corrected chi connectivity index (χ1v) is 5.60. The summed E-state index contributed by atoms with van der Waals surface area (Å²) in [6.45, 7) is 0. The zero-order valence-electron chi connectivity index (χ0n) is 9.45. The first-order valence-electron chi connectivity index (χ1n) is 5.60. The van der Waals surface area contributed by atoms with Crippen LogP contribution < -0.4 is 0 Å². The zero-order chi connectivity index (χ0) is 12.5. The summed E-state index contributed by atoms with van der Waals surface area (Å²) in [4.78, 5) is 7.36. The van der Waals surface area contributed by atoms with E-state index in [-0.39, 0.29) is 12.0 Å². The highest BCUT2D eigenvalue weighted by Crippen LogP contribution is 2.17. The van der Waals surface area contributed by atoms with Crippen molar-refractivity contribution >= 4 is 11.0 Å². The fraction of sp³-hybridized carbons (Fsp3) is 0.0714. The molecule has 2 aromatic carbocycles. The number of nitrogens with zero attached hydrogens (tertiary/aromatic N) is 1. The summed E-state index contributed by atoms with van der Waals surface area (Å²) in [7, 11) is 0. The molecule has 0 aliphatic rings. The molecule has 0 saturated carbocycles. The van der Waals surface area contributed by atoms with Gasteiger partial charge in [0.1, 0.15) is 17.5 Å². The van der Waals surface area contributed by atoms with Crippen LogP contribution in [0.5, 0.6) is 0 Å². The van der Waals surface area contributed by atoms with Crippen LogP contribution in [-0.4, -0.2) is 9.97 Å². The number of aromatic nitrogens is 2. The molecule has 0 spiro atoms. The fourth-order valence-corrected chi connectivity index (χ4v) is 1.96. The lowest BCUT2D eigenvalue weighted by molar-refractivity contribution is 0.559. The smallest absolute Gasteiger partial charge is 0.129 e. The van der Waals surface area contributed by atoms with Gasteiger partial charge in [-0.25, -0.2) is 13.8 Å². The van der Waals surface area contributed by atoms with Gasteiger partial charge in [0.25, 0.3) is 0 Å². The third kappa shape index (κ3) is 1.86. The number of benzene rings is 2. The largest absolute Gasteiger partial charge is 0.342 e. The van der Waals surface area contributed by atoms with Crippen molar-refractivity contribution in [3.63, 3.8) is 0 Å². The molecule has 0 aliphatic heterocycles. The number of rotatable bonds is 2. The predicted octanol–water partition coefficient (Wildman–Crippen LogP) is 3.43. The van der Waals surface area contributed by atoms with Gasteiger partial charge in [0.05, 0.1) is 11.0 Å². The molecule has 0 fully saturated rings. The van der Waals surface area contributed by atoms with Crippen LogP contribution in [-0.2, 0) is 6.42 Å². The zero-order valence-corrected chi connectivity index (χ0v) is 9.45. The monoisotopic (exact) mass is 244 g/mol. The van der Waals surface area contributed by atoms with Crippen molar-refractivity contribution < 1.29 is 8.78 Å². The highest BCUT2D eigenvalue weighted by molar-refractivity contribution is 5.74. The van der Waals surface area contributed by atoms with Crippen molar-refractivity contribution in [2.75, 3.05) is 0 Å². The molecule has 0 atom stereocenters. The molecule has 0 radical (unpaired) electrons. The molecule has 1 heterocycles. The second-order valence-corrected chi connectivity index (χ2v) is 4.08. The Kier molecular flexibility index (Phi) is 2.55. The molecule has 18 heavy (non-hydrogen) atoms. The summed E-state index contributed by atoms with van der Waals surface area (Å²) in [5.41, 5.74) is 1.70. The third-order valence-electron chi connectivity index (χ3n) is 2.84. The van der Waals surface area contributed by atoms with Crippen molar-refractivity contribution in [2.24, 2.45) is 0 Å². The molecule has 1 aromatic heterocycles. The summed E-state index contributed by atoms with van der Waals surface area (Å²) in [5.74, 6) is -0.536. The molecular weight excluding hydrogens is 234 g/mol. The normalized spacial score (nSPS) is 11.0. The number of halogens is 2. The first kappa shape index (κ1) is 10.9. The lowest BCUT2D eigenvalue weighted by atomic mass is 10.1. The standard InChI is InChI=1S/C14H10F2N2/c15-10-4-3-5-11(16)9(10)8-14-17-12-6-1-2-7-13(12)18-14/h1-7H,8H2,(H,17,18). The van der Waals surface area contributed by atoms with E-state index >= 15 is 0 Å². The fourth-order valence-electron chi connectivity index (χ4n) is 1.96. The van der Waals surface area contributed by atoms with Crippen LogP contribution >= 0.6 is 0 Å². The molecule has 1 N–H and O–H groups in total. The van der Waals surface area contributed by atoms with Crippen LogP contribution in [0, 0.1) is 11.6 Å². The Morgan fingerprint density at radius 1 is 0.944 bits per heavy atom. The van der Waals surface area contributed by atoms with Crippen molar-refractivity contribution in [3.8, 4) is 0 Å². The summed E-state index contributed by atoms with van der Waals surface area (Å²) in [6, 6.07) is 11.3. The maximum absolute atomic E-state index is 13.5. The van der Waals surface area contributed by atoms with E-state index in [2.05, 4.69) is 9.97 Å². The maximum atomic E-state index is 13.5. The Balaban J connectivity index is 2.01. The summed E-state index contributed by atoms with van der Waals surface area (Å²) >= 11 is 0. The number of nitrogens with one attached hydrogen (secondary N) is 1. The number of aromatic amines is 1. The number of fused-ring (bicyclic) bond motifs is 1. The Labute approximate surface area is 102 Å². The molecule has 2 nitrogen and oxygen atoms in total. The quantitative estimate of drug-likeness (QED) is 0.735. The Bertz CT molecular complexity index is 651. The van der Waals surface area contributed by atoms with Crippen LogP contribution in [0.1, 0.15) is 11.4 Å². The molecule has 0 amide bonds. The second-order valence-electron chi connectivity index (χ2n) is 4.08. The SMILES string of the molecule is Fc1cccc(F)c1Cc1nc2ccccc2[nH]1. The van der Waals surface area contributed by atoms with Crippen LogP contribution in [0.3, 0.4) is 0 Å². The van der Waals surface area contributed by atoms with Gasteiger partial charge in [0.2, 0.25) is 0 Å². The van der Waals surface area contributed by atoms with Crippen LogP contribution in [0.4, 0.5) is 8.78 Å². The van der Waals surface area contributed by atoms with E-state index in [1.54, 1.807) is 0 Å². The number of hydrogen-bond donors (Lipinski definition) is 1. The average molecular weight is 244 g/mol. The predicted molar refractivity (Wildman–Crippen MR) is 65.3 cm³/mol. The molecule has 0 aliphatic carbocycles. The topological polar surface area (TPSA) is 28.7 Å². The third-order valence-corrected chi connectivity index (χ3v) is 2.84. The second kappa shape index (κ2) is 4.22. The van der Waals surface area contributed by atoms with Crippen LogP contribution in [0.25, 0.3) is 11.0 Å². The summed E-state index contributed by atoms with van der Waals surface area (Å²) in [5, 5.41) is 0. The van der Waals surface area contributed by atoms with Crippen LogP contribution in [0.2, 0.25) is 0 Å². The minimum atomic E-state index is -0.546. The number of para-hydroxylation sites is 2. The van der Waals surface area contributed by atoms with E-state index in [1.807, 2.05) is 24.3 Å². The minimum Gasteiger partial charge on any atom is -0.342 e. The number of hydrogen-bond acceptors (Lipinski definition) is 1. The lowest BCUT2D eigenvalue weighted by Crippen LogP contribution is -1.98. The van der Waals surface area contributed by atoms with Gasteiger partial charge in [-0.1, -0.05) is 18.2 Å². The van der Waals surface area contributed by atoms with Crippen LogP contribution in [0.15, 0.2) is 42.5 Å². The molecule has 0 saturated heterocycles. The number of imidazole rings is 1. The molecular formula is C14H10F2N2. The van der Waals surface area contributed by atoms with Gasteiger partial charge in [0.15, 0.2) is 0 Å². The van der Waals surface area contributed by atoms with Crippen molar-refractivity contribution in [3.05, 3.63) is 65.5 Å². The Morgan fingerprint density at radius 3 is 2.39 bits per heavy atom. The lowest BCUT2D eigenvalue weighted by Gasteiger charge is -2.01. The van der Waals surface area contributed by atoms with Crippen molar-refractivity contribution in [1.29, 1.82) is 0 Å². The summed E-state index contributed by atoms with van der Waals surface area (Å²) in [6.07, 6.45) is 0.118. The van der Waals surface area contributed by atoms with Gasteiger partial charge in [-0.05, 0) is 24.3 Å². The van der Waals surface area contributed by atoms with Crippen molar-refractivity contribution in [2.45, 2.75) is 6.42 Å². The van der Waals surface area contributed by atoms with Gasteiger partial charge < -0.3 is 4.98 Å². The van der Waals surface area contributed by atoms with Crippen molar-refractivity contribution in [1.82, 2.24) is 9.97 Å². The molecule has 0 bridgehead atoms. The molecule has 3 aromatic rings. The molecule has 0 unspecified atom stereocenters. The van der Waals surface area contributed by atoms with E-state index in [0.717, 1.165) is 11.0 Å². The van der Waals surface area contributed by atoms with E-state index in [9.17, 15) is 8.78 Å². The van der Waals surface area contributed by atoms with Gasteiger partial charge in [-0.15, -0.1) is 0 Å². The maximum Gasteiger partial charge on any atom is 0.129 e. The Morgan fingerprint density at radius 2 is 1.67 bits per heavy atom. The van der Waals surface area contributed by atoms with E-state index in [0.29, 0.717) is 5.82 Å². The van der Waals surface area contributed by atoms with E-state index in [1.165, 1.54) is 18.2 Å². The average Bonchev–Trinajstić information content (AvgIpc) is 2.76. The van der Waals surface area contributed by atoms with Gasteiger partial charge in [0, 0.05) is 12.0 Å². The minimum absolute atomic E-state index is 0.0385. The first-order chi connectivity index (χ1) is 8.74. The van der Waals surface area contributed by atoms with E-state index < -0.39 is 11.6 Å². The summed E-state index contributed by atoms with van der Waals surface area (Å²) < 4.78 is 27.0. The Hall–Kier alpha value is -2.23. The highest BCUT2D eigenvalue weighted by atomic mass is 19.1. The molecule has 90 valence electrons.